The number of nitrogens with one attached hydrogen (secondary N) is 1. The number of aryl methyl sites for hydroxylation is 1. The molecule has 1 unspecified atom stereocenters. The zero-order chi connectivity index (χ0) is 37.5. The van der Waals surface area contributed by atoms with Gasteiger partial charge in [-0.2, -0.15) is 0 Å². The summed E-state index contributed by atoms with van der Waals surface area (Å²) in [5.74, 6) is 0.0343. The smallest absolute Gasteiger partial charge is 0.335 e. The molecule has 5 heterocycles. The van der Waals surface area contributed by atoms with Crippen molar-refractivity contribution < 1.29 is 32.0 Å². The van der Waals surface area contributed by atoms with Gasteiger partial charge in [-0.05, 0) is 54.1 Å². The molecule has 2 amide bonds. The first-order chi connectivity index (χ1) is 24.7. The number of nitrogens with zero attached hydrogens (tertiary/aromatic N) is 4. The Hall–Kier alpha value is -3.06. The number of carbonyl (C=O) groups excluding carboxylic acids is 2. The molecule has 1 aromatic carbocycles. The maximum atomic E-state index is 12.8. The van der Waals surface area contributed by atoms with Crippen molar-refractivity contribution in [3.05, 3.63) is 57.9 Å². The number of aromatic amines is 1. The third-order valence-electron chi connectivity index (χ3n) is 10.9. The van der Waals surface area contributed by atoms with E-state index in [0.29, 0.717) is 48.8 Å². The van der Waals surface area contributed by atoms with Crippen LogP contribution in [0, 0.1) is 6.92 Å². The normalized spacial score (nSPS) is 24.4. The maximum absolute atomic E-state index is 12.8. The number of imide groups is 1. The molecule has 2 aromatic heterocycles. The molecule has 15 heteroatoms. The highest BCUT2D eigenvalue weighted by Crippen LogP contribution is 2.49. The third kappa shape index (κ3) is 6.89. The lowest BCUT2D eigenvalue weighted by Crippen LogP contribution is -2.66. The Balaban J connectivity index is 1.22. The summed E-state index contributed by atoms with van der Waals surface area (Å²) in [5, 5.41) is 0. The van der Waals surface area contributed by atoms with Gasteiger partial charge in [0, 0.05) is 13.2 Å². The summed E-state index contributed by atoms with van der Waals surface area (Å²) in [5.41, 5.74) is 1.92. The first-order valence-corrected chi connectivity index (χ1v) is 22.8. The number of fused-ring (bicyclic) bond motifs is 3. The number of hydrogen-bond acceptors (Lipinski definition) is 10. The molecule has 2 fully saturated rings. The number of amides is 2. The van der Waals surface area contributed by atoms with E-state index in [4.69, 9.17) is 22.4 Å². The molecule has 3 aromatic rings. The monoisotopic (exact) mass is 753 g/mol. The van der Waals surface area contributed by atoms with Gasteiger partial charge in [0.15, 0.2) is 17.4 Å². The van der Waals surface area contributed by atoms with Gasteiger partial charge in [-0.3, -0.25) is 23.9 Å². The molecule has 0 bridgehead atoms. The summed E-state index contributed by atoms with van der Waals surface area (Å²) in [6.07, 6.45) is 2.55. The van der Waals surface area contributed by atoms with Crippen LogP contribution in [0.25, 0.3) is 11.2 Å². The van der Waals surface area contributed by atoms with Crippen LogP contribution in [0.4, 0.5) is 0 Å². The van der Waals surface area contributed by atoms with Crippen LogP contribution in [0.3, 0.4) is 0 Å². The highest BCUT2D eigenvalue weighted by atomic mass is 28.5. The van der Waals surface area contributed by atoms with Crippen LogP contribution < -0.4 is 5.56 Å². The number of aromatic nitrogens is 4. The molecule has 0 radical (unpaired) electrons. The van der Waals surface area contributed by atoms with E-state index >= 15 is 0 Å². The van der Waals surface area contributed by atoms with Gasteiger partial charge in [-0.15, -0.1) is 0 Å². The number of H-pyrrole nitrogens is 1. The van der Waals surface area contributed by atoms with Crippen molar-refractivity contribution in [2.45, 2.75) is 135 Å². The molecule has 3 aliphatic rings. The second-order valence-corrected chi connectivity index (χ2v) is 24.5. The van der Waals surface area contributed by atoms with Gasteiger partial charge < -0.3 is 27.4 Å². The largest absolute Gasteiger partial charge is 0.414 e. The number of unbranched alkanes of at least 4 members (excludes halogenated alkanes) is 3. The molecule has 3 aliphatic heterocycles. The van der Waals surface area contributed by atoms with Crippen molar-refractivity contribution in [3.8, 4) is 0 Å². The highest BCUT2D eigenvalue weighted by molar-refractivity contribution is 6.84. The fraction of sp³-hybridized carbons (Fsp3) is 0.649. The first-order valence-electron chi connectivity index (χ1n) is 18.9. The average Bonchev–Trinajstić information content (AvgIpc) is 3.72. The first kappa shape index (κ1) is 38.7. The maximum Gasteiger partial charge on any atom is 0.335 e. The van der Waals surface area contributed by atoms with E-state index < -0.39 is 41.7 Å². The SMILES string of the molecule is Cc1nc2c(ncn2[C@@H]2O[C@@H]3CO[Si](C(C)C)(C(C)C)O[Si](C(C)C)(C(C)C)OC3[C@@H]2OCCCCCCN2C(=O)c3ccccc3C2=O)c(=O)[nH]1. The third-order valence-corrected chi connectivity index (χ3v) is 21.2. The van der Waals surface area contributed by atoms with E-state index in [2.05, 4.69) is 70.3 Å². The van der Waals surface area contributed by atoms with Gasteiger partial charge in [0.25, 0.3) is 17.4 Å². The Kier molecular flexibility index (Phi) is 11.4. The van der Waals surface area contributed by atoms with Gasteiger partial charge in [0.2, 0.25) is 0 Å². The number of imidazole rings is 1. The van der Waals surface area contributed by atoms with Crippen molar-refractivity contribution in [2.75, 3.05) is 19.8 Å². The molecule has 6 rings (SSSR count). The fourth-order valence-corrected chi connectivity index (χ4v) is 19.3. The van der Waals surface area contributed by atoms with Crippen molar-refractivity contribution in [1.82, 2.24) is 24.4 Å². The second kappa shape index (κ2) is 15.4. The summed E-state index contributed by atoms with van der Waals surface area (Å²) in [6, 6.07) is 6.98. The molecular formula is C37H55N5O8Si2. The predicted octanol–water partition coefficient (Wildman–Crippen LogP) is 6.52. The Labute approximate surface area is 308 Å². The molecule has 1 N–H and O–H groups in total. The number of rotatable bonds is 13. The summed E-state index contributed by atoms with van der Waals surface area (Å²) in [4.78, 5) is 51.5. The number of ether oxygens (including phenoxy) is 2. The van der Waals surface area contributed by atoms with Gasteiger partial charge in [0.1, 0.15) is 24.1 Å². The molecule has 4 atom stereocenters. The molecule has 52 heavy (non-hydrogen) atoms. The topological polar surface area (TPSA) is 147 Å². The Morgan fingerprint density at radius 3 is 2.12 bits per heavy atom. The lowest BCUT2D eigenvalue weighted by atomic mass is 10.1. The van der Waals surface area contributed by atoms with Crippen LogP contribution in [-0.4, -0.2) is 91.4 Å². The zero-order valence-corrected chi connectivity index (χ0v) is 34.0. The molecule has 2 saturated heterocycles. The summed E-state index contributed by atoms with van der Waals surface area (Å²) in [6.45, 7) is 20.4. The molecule has 0 spiro atoms. The fourth-order valence-electron chi connectivity index (χ4n) is 8.13. The zero-order valence-electron chi connectivity index (χ0n) is 32.0. The van der Waals surface area contributed by atoms with Crippen molar-refractivity contribution in [1.29, 1.82) is 0 Å². The average molecular weight is 754 g/mol. The molecule has 0 aliphatic carbocycles. The molecule has 284 valence electrons. The van der Waals surface area contributed by atoms with E-state index in [0.717, 1.165) is 19.3 Å². The van der Waals surface area contributed by atoms with Gasteiger partial charge in [-0.1, -0.05) is 80.4 Å². The Morgan fingerprint density at radius 2 is 1.50 bits per heavy atom. The number of hydrogen-bond donors (Lipinski definition) is 1. The van der Waals surface area contributed by atoms with E-state index in [1.54, 1.807) is 42.1 Å². The van der Waals surface area contributed by atoms with Crippen LogP contribution in [0.2, 0.25) is 22.2 Å². The number of benzene rings is 1. The lowest BCUT2D eigenvalue weighted by molar-refractivity contribution is -0.0698. The van der Waals surface area contributed by atoms with E-state index in [-0.39, 0.29) is 45.1 Å². The lowest BCUT2D eigenvalue weighted by Gasteiger charge is -2.51. The second-order valence-electron chi connectivity index (χ2n) is 15.7. The van der Waals surface area contributed by atoms with Crippen LogP contribution in [0.15, 0.2) is 35.4 Å². The summed E-state index contributed by atoms with van der Waals surface area (Å²) in [7, 11) is -5.78. The van der Waals surface area contributed by atoms with Crippen molar-refractivity contribution in [2.24, 2.45) is 0 Å². The molecular weight excluding hydrogens is 699 g/mol. The van der Waals surface area contributed by atoms with Crippen LogP contribution in [0.5, 0.6) is 0 Å². The molecule has 13 nitrogen and oxygen atoms in total. The van der Waals surface area contributed by atoms with Gasteiger partial charge in [0.05, 0.1) is 24.1 Å². The van der Waals surface area contributed by atoms with E-state index in [9.17, 15) is 14.4 Å². The van der Waals surface area contributed by atoms with E-state index in [1.165, 1.54) is 4.90 Å². The Bertz CT molecular complexity index is 1780. The minimum absolute atomic E-state index is 0.123. The predicted molar refractivity (Wildman–Crippen MR) is 201 cm³/mol. The quantitative estimate of drug-likeness (QED) is 0.116. The van der Waals surface area contributed by atoms with Gasteiger partial charge in [-0.25, -0.2) is 9.97 Å². The van der Waals surface area contributed by atoms with Crippen molar-refractivity contribution in [3.63, 3.8) is 0 Å². The van der Waals surface area contributed by atoms with E-state index in [1.807, 2.05) is 0 Å². The minimum atomic E-state index is -2.99. The van der Waals surface area contributed by atoms with Gasteiger partial charge >= 0.3 is 17.1 Å². The Morgan fingerprint density at radius 1 is 0.885 bits per heavy atom. The highest BCUT2D eigenvalue weighted by Gasteiger charge is 2.62. The van der Waals surface area contributed by atoms with Crippen LogP contribution in [0.1, 0.15) is 114 Å². The summed E-state index contributed by atoms with van der Waals surface area (Å²) < 4.78 is 37.3. The van der Waals surface area contributed by atoms with Crippen molar-refractivity contribution >= 4 is 40.1 Å². The molecule has 0 saturated carbocycles. The van der Waals surface area contributed by atoms with Crippen LogP contribution >= 0.6 is 0 Å². The number of carbonyl (C=O) groups is 2. The minimum Gasteiger partial charge on any atom is -0.414 e. The standard InChI is InChI=1S/C37H55N5O8Si2/c1-22(2)51(23(3)4)47-20-29-31(49-52(50-51,24(5)6)25(7)8)32(37(48-29)42-21-38-30-33(42)39-26(9)40-34(30)43)46-19-15-11-10-14-18-41-35(44)27-16-12-13-17-28(27)36(41)45/h12-13,16-17,21-25,29,31-32,37H,10-11,14-15,18-20H2,1-9H3,(H,39,40,43)/t29-,31?,32+,37-/m1/s1. The summed E-state index contributed by atoms with van der Waals surface area (Å²) >= 11 is 0. The van der Waals surface area contributed by atoms with Crippen LogP contribution in [-0.2, 0) is 22.4 Å².